The van der Waals surface area contributed by atoms with Crippen LogP contribution in [0.15, 0.2) is 24.3 Å². The van der Waals surface area contributed by atoms with Gasteiger partial charge in [-0.2, -0.15) is 0 Å². The van der Waals surface area contributed by atoms with E-state index in [4.69, 9.17) is 5.73 Å². The van der Waals surface area contributed by atoms with E-state index < -0.39 is 0 Å². The first-order valence-corrected chi connectivity index (χ1v) is 6.64. The van der Waals surface area contributed by atoms with Crippen LogP contribution >= 0.6 is 0 Å². The van der Waals surface area contributed by atoms with E-state index in [9.17, 15) is 4.79 Å². The summed E-state index contributed by atoms with van der Waals surface area (Å²) in [5.41, 5.74) is 7.87. The Bertz CT molecular complexity index is 419. The molecule has 0 spiro atoms. The third-order valence-electron chi connectivity index (χ3n) is 3.85. The standard InChI is InChI=1S/C15H22N2O/c1-11(2)12-3-5-13(6-4-12)14(18)17-10-15(9-16)7-8-15/h3-6,11H,7-10,16H2,1-2H3,(H,17,18). The van der Waals surface area contributed by atoms with E-state index in [2.05, 4.69) is 19.2 Å². The molecule has 0 aliphatic heterocycles. The Balaban J connectivity index is 1.92. The predicted octanol–water partition coefficient (Wildman–Crippen LogP) is 2.28. The molecule has 3 N–H and O–H groups in total. The zero-order valence-corrected chi connectivity index (χ0v) is 11.2. The molecular weight excluding hydrogens is 224 g/mol. The van der Waals surface area contributed by atoms with Gasteiger partial charge in [0.25, 0.3) is 5.91 Å². The highest BCUT2D eigenvalue weighted by Crippen LogP contribution is 2.43. The normalized spacial score (nSPS) is 16.7. The molecule has 0 aromatic heterocycles. The number of rotatable bonds is 5. The summed E-state index contributed by atoms with van der Waals surface area (Å²) in [5, 5.41) is 2.98. The summed E-state index contributed by atoms with van der Waals surface area (Å²) < 4.78 is 0. The topological polar surface area (TPSA) is 55.1 Å². The second-order valence-electron chi connectivity index (χ2n) is 5.66. The summed E-state index contributed by atoms with van der Waals surface area (Å²) in [5.74, 6) is 0.499. The van der Waals surface area contributed by atoms with Crippen molar-refractivity contribution >= 4 is 5.91 Å². The van der Waals surface area contributed by atoms with Gasteiger partial charge >= 0.3 is 0 Å². The van der Waals surface area contributed by atoms with Crippen LogP contribution in [-0.4, -0.2) is 19.0 Å². The van der Waals surface area contributed by atoms with Crippen LogP contribution in [0.5, 0.6) is 0 Å². The maximum atomic E-state index is 12.0. The minimum absolute atomic E-state index is 0.00466. The molecule has 3 heteroatoms. The van der Waals surface area contributed by atoms with Gasteiger partial charge in [-0.25, -0.2) is 0 Å². The summed E-state index contributed by atoms with van der Waals surface area (Å²) in [7, 11) is 0. The van der Waals surface area contributed by atoms with Gasteiger partial charge in [-0.1, -0.05) is 26.0 Å². The second kappa shape index (κ2) is 5.11. The molecule has 98 valence electrons. The number of benzene rings is 1. The molecule has 1 aromatic carbocycles. The number of nitrogens with one attached hydrogen (secondary N) is 1. The molecule has 3 nitrogen and oxygen atoms in total. The number of nitrogens with two attached hydrogens (primary N) is 1. The van der Waals surface area contributed by atoms with Crippen molar-refractivity contribution in [3.05, 3.63) is 35.4 Å². The van der Waals surface area contributed by atoms with E-state index in [0.717, 1.165) is 18.4 Å². The van der Waals surface area contributed by atoms with Crippen LogP contribution in [0.25, 0.3) is 0 Å². The van der Waals surface area contributed by atoms with Gasteiger partial charge in [0.2, 0.25) is 0 Å². The van der Waals surface area contributed by atoms with Gasteiger partial charge in [0.15, 0.2) is 0 Å². The molecular formula is C15H22N2O. The minimum atomic E-state index is 0.00466. The first-order chi connectivity index (χ1) is 8.56. The summed E-state index contributed by atoms with van der Waals surface area (Å²) in [6.45, 7) is 5.66. The first kappa shape index (κ1) is 13.1. The van der Waals surface area contributed by atoms with E-state index in [1.165, 1.54) is 5.56 Å². The largest absolute Gasteiger partial charge is 0.351 e. The summed E-state index contributed by atoms with van der Waals surface area (Å²) in [4.78, 5) is 12.0. The van der Waals surface area contributed by atoms with Crippen molar-refractivity contribution in [2.24, 2.45) is 11.1 Å². The maximum absolute atomic E-state index is 12.0. The highest BCUT2D eigenvalue weighted by Gasteiger charge is 2.41. The molecule has 0 atom stereocenters. The average Bonchev–Trinajstić information content (AvgIpc) is 3.17. The molecule has 0 unspecified atom stereocenters. The lowest BCUT2D eigenvalue weighted by Gasteiger charge is -2.13. The summed E-state index contributed by atoms with van der Waals surface area (Å²) in [6, 6.07) is 7.84. The zero-order valence-electron chi connectivity index (χ0n) is 11.2. The summed E-state index contributed by atoms with van der Waals surface area (Å²) in [6.07, 6.45) is 2.27. The monoisotopic (exact) mass is 246 g/mol. The van der Waals surface area contributed by atoms with Gasteiger partial charge in [-0.05, 0) is 43.0 Å². The van der Waals surface area contributed by atoms with Crippen molar-refractivity contribution in [3.63, 3.8) is 0 Å². The second-order valence-corrected chi connectivity index (χ2v) is 5.66. The highest BCUT2D eigenvalue weighted by atomic mass is 16.1. The van der Waals surface area contributed by atoms with Gasteiger partial charge in [0, 0.05) is 17.5 Å². The number of amides is 1. The van der Waals surface area contributed by atoms with Crippen molar-refractivity contribution in [2.45, 2.75) is 32.6 Å². The number of carbonyl (C=O) groups excluding carboxylic acids is 1. The van der Waals surface area contributed by atoms with Crippen molar-refractivity contribution in [2.75, 3.05) is 13.1 Å². The Morgan fingerprint density at radius 2 is 1.94 bits per heavy atom. The Hall–Kier alpha value is -1.35. The average molecular weight is 246 g/mol. The van der Waals surface area contributed by atoms with Crippen molar-refractivity contribution < 1.29 is 4.79 Å². The van der Waals surface area contributed by atoms with Gasteiger partial charge in [0.05, 0.1) is 0 Å². The third kappa shape index (κ3) is 2.91. The molecule has 1 amide bonds. The molecule has 1 aliphatic rings. The Morgan fingerprint density at radius 1 is 1.33 bits per heavy atom. The number of carbonyl (C=O) groups is 1. The van der Waals surface area contributed by atoms with Crippen LogP contribution in [-0.2, 0) is 0 Å². The Morgan fingerprint density at radius 3 is 2.39 bits per heavy atom. The molecule has 0 bridgehead atoms. The molecule has 18 heavy (non-hydrogen) atoms. The molecule has 0 heterocycles. The highest BCUT2D eigenvalue weighted by molar-refractivity contribution is 5.94. The third-order valence-corrected chi connectivity index (χ3v) is 3.85. The Kier molecular flexibility index (Phi) is 3.71. The smallest absolute Gasteiger partial charge is 0.251 e. The van der Waals surface area contributed by atoms with E-state index in [1.807, 2.05) is 24.3 Å². The van der Waals surface area contributed by atoms with Crippen molar-refractivity contribution in [1.82, 2.24) is 5.32 Å². The minimum Gasteiger partial charge on any atom is -0.351 e. The van der Waals surface area contributed by atoms with Crippen LogP contribution in [0.2, 0.25) is 0 Å². The molecule has 1 aromatic rings. The number of hydrogen-bond donors (Lipinski definition) is 2. The van der Waals surface area contributed by atoms with Crippen LogP contribution in [0.4, 0.5) is 0 Å². The van der Waals surface area contributed by atoms with Crippen LogP contribution in [0.3, 0.4) is 0 Å². The van der Waals surface area contributed by atoms with E-state index in [0.29, 0.717) is 19.0 Å². The van der Waals surface area contributed by atoms with E-state index in [1.54, 1.807) is 0 Å². The van der Waals surface area contributed by atoms with E-state index >= 15 is 0 Å². The van der Waals surface area contributed by atoms with Gasteiger partial charge in [-0.15, -0.1) is 0 Å². The van der Waals surface area contributed by atoms with Gasteiger partial charge in [-0.3, -0.25) is 4.79 Å². The maximum Gasteiger partial charge on any atom is 0.251 e. The molecule has 1 aliphatic carbocycles. The molecule has 1 saturated carbocycles. The van der Waals surface area contributed by atoms with Crippen LogP contribution in [0.1, 0.15) is 48.5 Å². The lowest BCUT2D eigenvalue weighted by Crippen LogP contribution is -2.33. The van der Waals surface area contributed by atoms with Gasteiger partial charge < -0.3 is 11.1 Å². The van der Waals surface area contributed by atoms with Crippen LogP contribution in [0, 0.1) is 5.41 Å². The molecule has 0 saturated heterocycles. The van der Waals surface area contributed by atoms with Gasteiger partial charge in [0.1, 0.15) is 0 Å². The SMILES string of the molecule is CC(C)c1ccc(C(=O)NCC2(CN)CC2)cc1. The lowest BCUT2D eigenvalue weighted by atomic mass is 10.0. The fourth-order valence-corrected chi connectivity index (χ4v) is 2.02. The van der Waals surface area contributed by atoms with Crippen LogP contribution < -0.4 is 11.1 Å². The molecule has 0 radical (unpaired) electrons. The van der Waals surface area contributed by atoms with Crippen molar-refractivity contribution in [1.29, 1.82) is 0 Å². The zero-order chi connectivity index (χ0) is 13.2. The fraction of sp³-hybridized carbons (Fsp3) is 0.533. The Labute approximate surface area is 109 Å². The quantitative estimate of drug-likeness (QED) is 0.837. The van der Waals surface area contributed by atoms with E-state index in [-0.39, 0.29) is 11.3 Å². The number of hydrogen-bond acceptors (Lipinski definition) is 2. The fourth-order valence-electron chi connectivity index (χ4n) is 2.02. The lowest BCUT2D eigenvalue weighted by molar-refractivity contribution is 0.0945. The molecule has 1 fully saturated rings. The van der Waals surface area contributed by atoms with Crippen molar-refractivity contribution in [3.8, 4) is 0 Å². The summed E-state index contributed by atoms with van der Waals surface area (Å²) >= 11 is 0. The molecule has 2 rings (SSSR count). The first-order valence-electron chi connectivity index (χ1n) is 6.64. The predicted molar refractivity (Wildman–Crippen MR) is 73.6 cm³/mol.